The van der Waals surface area contributed by atoms with E-state index in [0.29, 0.717) is 11.0 Å². The fourth-order valence-electron chi connectivity index (χ4n) is 1.38. The quantitative estimate of drug-likeness (QED) is 0.926. The molecule has 96 valence electrons. The third-order valence-corrected chi connectivity index (χ3v) is 2.73. The topological polar surface area (TPSA) is 54.9 Å². The molecule has 0 saturated heterocycles. The second kappa shape index (κ2) is 6.96. The van der Waals surface area contributed by atoms with Crippen LogP contribution in [0.3, 0.4) is 0 Å². The van der Waals surface area contributed by atoms with Crippen LogP contribution in [0.1, 0.15) is 19.4 Å². The van der Waals surface area contributed by atoms with Gasteiger partial charge in [0.25, 0.3) is 5.56 Å². The predicted octanol–water partition coefficient (Wildman–Crippen LogP) is 2.37. The maximum Gasteiger partial charge on any atom is 0.328 e. The SMILES string of the molecule is CC.O=c1[nH]c(=O)n(Cc2ccccc2)cc1Br. The Morgan fingerprint density at radius 2 is 1.78 bits per heavy atom. The molecule has 4 nitrogen and oxygen atoms in total. The van der Waals surface area contributed by atoms with Crippen molar-refractivity contribution in [1.29, 1.82) is 0 Å². The summed E-state index contributed by atoms with van der Waals surface area (Å²) in [5.41, 5.74) is 0.190. The van der Waals surface area contributed by atoms with E-state index < -0.39 is 11.2 Å². The van der Waals surface area contributed by atoms with Gasteiger partial charge in [-0.05, 0) is 21.5 Å². The van der Waals surface area contributed by atoms with Gasteiger partial charge in [0, 0.05) is 6.20 Å². The van der Waals surface area contributed by atoms with Crippen LogP contribution in [-0.4, -0.2) is 9.55 Å². The van der Waals surface area contributed by atoms with Crippen molar-refractivity contribution in [3.05, 3.63) is 67.4 Å². The lowest BCUT2D eigenvalue weighted by molar-refractivity contribution is 0.716. The second-order valence-corrected chi connectivity index (χ2v) is 4.20. The standard InChI is InChI=1S/C11H9BrN2O2.C2H6/c12-9-7-14(11(16)13-10(9)15)6-8-4-2-1-3-5-8;1-2/h1-5,7H,6H2,(H,13,15,16);1-2H3. The van der Waals surface area contributed by atoms with Crippen LogP contribution < -0.4 is 11.2 Å². The van der Waals surface area contributed by atoms with E-state index >= 15 is 0 Å². The van der Waals surface area contributed by atoms with Gasteiger partial charge < -0.3 is 0 Å². The molecule has 5 heteroatoms. The Balaban J connectivity index is 0.000000771. The highest BCUT2D eigenvalue weighted by Gasteiger charge is 2.02. The molecule has 0 atom stereocenters. The van der Waals surface area contributed by atoms with Crippen molar-refractivity contribution in [2.24, 2.45) is 0 Å². The molecule has 0 aliphatic rings. The van der Waals surface area contributed by atoms with Crippen molar-refractivity contribution in [2.75, 3.05) is 0 Å². The number of H-pyrrole nitrogens is 1. The summed E-state index contributed by atoms with van der Waals surface area (Å²) in [6, 6.07) is 9.56. The molecule has 1 aromatic carbocycles. The number of hydrogen-bond acceptors (Lipinski definition) is 2. The Bertz CT molecular complexity index is 602. The van der Waals surface area contributed by atoms with Gasteiger partial charge in [0.15, 0.2) is 0 Å². The molecular weight excluding hydrogens is 296 g/mol. The highest BCUT2D eigenvalue weighted by Crippen LogP contribution is 2.02. The van der Waals surface area contributed by atoms with Crippen molar-refractivity contribution in [3.8, 4) is 0 Å². The fraction of sp³-hybridized carbons (Fsp3) is 0.231. The number of aromatic amines is 1. The van der Waals surface area contributed by atoms with Gasteiger partial charge in [-0.1, -0.05) is 44.2 Å². The third-order valence-electron chi connectivity index (χ3n) is 2.16. The second-order valence-electron chi connectivity index (χ2n) is 3.35. The van der Waals surface area contributed by atoms with E-state index in [1.165, 1.54) is 10.8 Å². The Kier molecular flexibility index (Phi) is 5.58. The summed E-state index contributed by atoms with van der Waals surface area (Å²) >= 11 is 3.09. The first-order valence-corrected chi connectivity index (χ1v) is 6.49. The molecule has 0 aliphatic carbocycles. The highest BCUT2D eigenvalue weighted by molar-refractivity contribution is 9.10. The van der Waals surface area contributed by atoms with E-state index in [-0.39, 0.29) is 0 Å². The summed E-state index contributed by atoms with van der Waals surface area (Å²) in [7, 11) is 0. The van der Waals surface area contributed by atoms with Gasteiger partial charge in [-0.15, -0.1) is 0 Å². The molecule has 0 fully saturated rings. The number of halogens is 1. The molecule has 0 aliphatic heterocycles. The van der Waals surface area contributed by atoms with Crippen LogP contribution in [0, 0.1) is 0 Å². The minimum Gasteiger partial charge on any atom is -0.295 e. The molecule has 0 spiro atoms. The first-order valence-electron chi connectivity index (χ1n) is 5.70. The van der Waals surface area contributed by atoms with E-state index in [1.807, 2.05) is 44.2 Å². The van der Waals surface area contributed by atoms with Crippen molar-refractivity contribution in [3.63, 3.8) is 0 Å². The van der Waals surface area contributed by atoms with Crippen LogP contribution in [0.2, 0.25) is 0 Å². The number of aromatic nitrogens is 2. The predicted molar refractivity (Wildman–Crippen MR) is 75.9 cm³/mol. The minimum atomic E-state index is -0.408. The first-order chi connectivity index (χ1) is 8.66. The number of rotatable bonds is 2. The summed E-state index contributed by atoms with van der Waals surface area (Å²) in [5.74, 6) is 0. The lowest BCUT2D eigenvalue weighted by Crippen LogP contribution is -2.30. The molecule has 18 heavy (non-hydrogen) atoms. The Morgan fingerprint density at radius 3 is 2.39 bits per heavy atom. The first kappa shape index (κ1) is 14.4. The van der Waals surface area contributed by atoms with E-state index in [2.05, 4.69) is 20.9 Å². The number of nitrogens with one attached hydrogen (secondary N) is 1. The summed E-state index contributed by atoms with van der Waals surface area (Å²) in [5, 5.41) is 0. The average molecular weight is 311 g/mol. The number of benzene rings is 1. The normalized spacial score (nSPS) is 9.50. The van der Waals surface area contributed by atoms with Crippen LogP contribution in [-0.2, 0) is 6.54 Å². The maximum absolute atomic E-state index is 11.5. The summed E-state index contributed by atoms with van der Waals surface area (Å²) in [4.78, 5) is 24.8. The van der Waals surface area contributed by atoms with Gasteiger partial charge >= 0.3 is 5.69 Å². The third kappa shape index (κ3) is 3.70. The average Bonchev–Trinajstić information content (AvgIpc) is 2.39. The van der Waals surface area contributed by atoms with Crippen molar-refractivity contribution in [2.45, 2.75) is 20.4 Å². The van der Waals surface area contributed by atoms with E-state index in [4.69, 9.17) is 0 Å². The van der Waals surface area contributed by atoms with Gasteiger partial charge in [-0.25, -0.2) is 4.79 Å². The monoisotopic (exact) mass is 310 g/mol. The van der Waals surface area contributed by atoms with Crippen LogP contribution >= 0.6 is 15.9 Å². The van der Waals surface area contributed by atoms with Crippen molar-refractivity contribution < 1.29 is 0 Å². The van der Waals surface area contributed by atoms with Crippen molar-refractivity contribution in [1.82, 2.24) is 9.55 Å². The highest BCUT2D eigenvalue weighted by atomic mass is 79.9. The van der Waals surface area contributed by atoms with Gasteiger partial charge in [0.2, 0.25) is 0 Å². The zero-order valence-electron chi connectivity index (χ0n) is 10.3. The van der Waals surface area contributed by atoms with E-state index in [9.17, 15) is 9.59 Å². The van der Waals surface area contributed by atoms with Gasteiger partial charge in [0.1, 0.15) is 0 Å². The largest absolute Gasteiger partial charge is 0.328 e. The molecule has 0 saturated carbocycles. The summed E-state index contributed by atoms with van der Waals surface area (Å²) in [6.45, 7) is 4.44. The molecule has 1 aromatic heterocycles. The molecule has 2 rings (SSSR count). The van der Waals surface area contributed by atoms with E-state index in [1.54, 1.807) is 0 Å². The van der Waals surface area contributed by atoms with Gasteiger partial charge in [0.05, 0.1) is 11.0 Å². The van der Waals surface area contributed by atoms with Crippen LogP contribution in [0.4, 0.5) is 0 Å². The maximum atomic E-state index is 11.5. The number of nitrogens with zero attached hydrogens (tertiary/aromatic N) is 1. The zero-order chi connectivity index (χ0) is 13.5. The van der Waals surface area contributed by atoms with Crippen LogP contribution in [0.25, 0.3) is 0 Å². The van der Waals surface area contributed by atoms with Gasteiger partial charge in [-0.2, -0.15) is 0 Å². The fourth-order valence-corrected chi connectivity index (χ4v) is 1.73. The lowest BCUT2D eigenvalue weighted by Gasteiger charge is -2.04. The van der Waals surface area contributed by atoms with Gasteiger partial charge in [-0.3, -0.25) is 14.3 Å². The minimum absolute atomic E-state index is 0.350. The van der Waals surface area contributed by atoms with E-state index in [0.717, 1.165) is 5.56 Å². The van der Waals surface area contributed by atoms with Crippen LogP contribution in [0.5, 0.6) is 0 Å². The molecule has 0 bridgehead atoms. The summed E-state index contributed by atoms with van der Waals surface area (Å²) < 4.78 is 1.80. The molecule has 0 amide bonds. The van der Waals surface area contributed by atoms with Crippen LogP contribution in [0.15, 0.2) is 50.6 Å². The van der Waals surface area contributed by atoms with Crippen molar-refractivity contribution >= 4 is 15.9 Å². The molecular formula is C13H15BrN2O2. The molecule has 1 heterocycles. The Hall–Kier alpha value is -1.62. The molecule has 2 aromatic rings. The smallest absolute Gasteiger partial charge is 0.295 e. The zero-order valence-corrected chi connectivity index (χ0v) is 11.9. The Morgan fingerprint density at radius 1 is 1.17 bits per heavy atom. The Labute approximate surface area is 113 Å². The lowest BCUT2D eigenvalue weighted by atomic mass is 10.2. The molecule has 0 unspecified atom stereocenters. The summed E-state index contributed by atoms with van der Waals surface area (Å²) in [6.07, 6.45) is 1.49. The number of hydrogen-bond donors (Lipinski definition) is 1. The molecule has 0 radical (unpaired) electrons. The molecule has 1 N–H and O–H groups in total.